The Morgan fingerprint density at radius 3 is 2.50 bits per heavy atom. The molecule has 5 rings (SSSR count). The highest BCUT2D eigenvalue weighted by atomic mass is 35.5. The Balaban J connectivity index is 0.00000245. The second kappa shape index (κ2) is 8.74. The molecule has 0 unspecified atom stereocenters. The van der Waals surface area contributed by atoms with Gasteiger partial charge in [0.25, 0.3) is 0 Å². The number of hydrogen-bond donors (Lipinski definition) is 1. The van der Waals surface area contributed by atoms with Gasteiger partial charge in [-0.15, -0.1) is 12.4 Å². The Labute approximate surface area is 192 Å². The second-order valence-corrected chi connectivity index (χ2v) is 7.69. The Hall–Kier alpha value is -3.82. The van der Waals surface area contributed by atoms with E-state index in [2.05, 4.69) is 55.8 Å². The van der Waals surface area contributed by atoms with Crippen LogP contribution in [-0.4, -0.2) is 19.1 Å². The minimum atomic E-state index is 0. The summed E-state index contributed by atoms with van der Waals surface area (Å²) in [6.07, 6.45) is 0. The zero-order chi connectivity index (χ0) is 21.4. The second-order valence-electron chi connectivity index (χ2n) is 7.69. The van der Waals surface area contributed by atoms with Crippen molar-refractivity contribution in [1.29, 1.82) is 5.26 Å². The van der Waals surface area contributed by atoms with Crippen molar-refractivity contribution in [3.63, 3.8) is 0 Å². The first kappa shape index (κ1) is 21.4. The normalized spacial score (nSPS) is 10.8. The van der Waals surface area contributed by atoms with E-state index in [-0.39, 0.29) is 12.4 Å². The number of aromatic nitrogens is 4. The van der Waals surface area contributed by atoms with Gasteiger partial charge >= 0.3 is 0 Å². The van der Waals surface area contributed by atoms with Crippen LogP contribution in [0.2, 0.25) is 0 Å². The monoisotopic (exact) mass is 442 g/mol. The summed E-state index contributed by atoms with van der Waals surface area (Å²) in [5.41, 5.74) is 7.08. The fourth-order valence-electron chi connectivity index (χ4n) is 3.97. The molecular weight excluding hydrogens is 420 g/mol. The van der Waals surface area contributed by atoms with Crippen LogP contribution in [0.1, 0.15) is 22.8 Å². The van der Waals surface area contributed by atoms with Crippen molar-refractivity contribution in [2.75, 3.05) is 5.32 Å². The van der Waals surface area contributed by atoms with Gasteiger partial charge in [-0.1, -0.05) is 18.2 Å². The number of aryl methyl sites for hydroxylation is 2. The van der Waals surface area contributed by atoms with Gasteiger partial charge in [-0.3, -0.25) is 0 Å². The van der Waals surface area contributed by atoms with E-state index >= 15 is 0 Å². The van der Waals surface area contributed by atoms with Gasteiger partial charge < -0.3 is 14.5 Å². The van der Waals surface area contributed by atoms with E-state index < -0.39 is 0 Å². The summed E-state index contributed by atoms with van der Waals surface area (Å²) in [4.78, 5) is 9.53. The van der Waals surface area contributed by atoms with Crippen molar-refractivity contribution in [2.24, 2.45) is 7.05 Å². The van der Waals surface area contributed by atoms with Crippen LogP contribution in [0.5, 0.6) is 0 Å². The Morgan fingerprint density at radius 2 is 1.72 bits per heavy atom. The van der Waals surface area contributed by atoms with Gasteiger partial charge in [0.15, 0.2) is 0 Å². The molecule has 0 aliphatic rings. The van der Waals surface area contributed by atoms with Crippen molar-refractivity contribution in [3.05, 3.63) is 89.5 Å². The Kier molecular flexibility index (Phi) is 5.85. The number of halogens is 1. The van der Waals surface area contributed by atoms with E-state index in [4.69, 9.17) is 10.2 Å². The third-order valence-electron chi connectivity index (χ3n) is 5.69. The van der Waals surface area contributed by atoms with Crippen LogP contribution < -0.4 is 5.32 Å². The van der Waals surface area contributed by atoms with Crippen molar-refractivity contribution >= 4 is 40.2 Å². The van der Waals surface area contributed by atoms with Crippen molar-refractivity contribution in [1.82, 2.24) is 19.1 Å². The zero-order valence-corrected chi connectivity index (χ0v) is 18.7. The molecule has 0 fully saturated rings. The van der Waals surface area contributed by atoms with Gasteiger partial charge in [0, 0.05) is 19.3 Å². The summed E-state index contributed by atoms with van der Waals surface area (Å²) in [5.74, 6) is 1.97. The van der Waals surface area contributed by atoms with Gasteiger partial charge in [0.1, 0.15) is 11.6 Å². The molecular formula is C25H23ClN6. The minimum Gasteiger partial charge on any atom is -0.378 e. The molecule has 0 atom stereocenters. The molecule has 1 N–H and O–H groups in total. The third kappa shape index (κ3) is 3.91. The number of fused-ring (bicyclic) bond motifs is 2. The minimum absolute atomic E-state index is 0. The fourth-order valence-corrected chi connectivity index (χ4v) is 3.97. The molecule has 0 spiro atoms. The van der Waals surface area contributed by atoms with E-state index in [1.165, 1.54) is 5.56 Å². The zero-order valence-electron chi connectivity index (χ0n) is 17.9. The molecule has 5 aromatic rings. The van der Waals surface area contributed by atoms with Crippen LogP contribution >= 0.6 is 12.4 Å². The van der Waals surface area contributed by atoms with E-state index in [1.54, 1.807) is 0 Å². The molecule has 0 aliphatic heterocycles. The number of nitriles is 1. The lowest BCUT2D eigenvalue weighted by atomic mass is 10.2. The molecule has 160 valence electrons. The molecule has 3 aromatic carbocycles. The molecule has 2 heterocycles. The summed E-state index contributed by atoms with van der Waals surface area (Å²) in [6.45, 7) is 3.42. The maximum absolute atomic E-state index is 8.94. The first-order valence-corrected chi connectivity index (χ1v) is 10.2. The summed E-state index contributed by atoms with van der Waals surface area (Å²) in [6, 6.07) is 24.3. The highest BCUT2D eigenvalue weighted by molar-refractivity contribution is 5.85. The fraction of sp³-hybridized carbons (Fsp3) is 0.160. The lowest BCUT2D eigenvalue weighted by Crippen LogP contribution is -2.05. The highest BCUT2D eigenvalue weighted by Crippen LogP contribution is 2.21. The number of anilines is 1. The number of rotatable bonds is 5. The van der Waals surface area contributed by atoms with Gasteiger partial charge in [-0.25, -0.2) is 9.97 Å². The molecule has 2 aromatic heterocycles. The topological polar surface area (TPSA) is 71.5 Å². The first-order valence-electron chi connectivity index (χ1n) is 10.2. The molecule has 0 bridgehead atoms. The van der Waals surface area contributed by atoms with Crippen LogP contribution in [-0.2, 0) is 20.1 Å². The Morgan fingerprint density at radius 1 is 0.938 bits per heavy atom. The summed E-state index contributed by atoms with van der Waals surface area (Å²) in [7, 11) is 2.04. The quantitative estimate of drug-likeness (QED) is 0.406. The summed E-state index contributed by atoms with van der Waals surface area (Å²) in [5, 5.41) is 12.3. The van der Waals surface area contributed by atoms with Crippen LogP contribution in [0.3, 0.4) is 0 Å². The van der Waals surface area contributed by atoms with Gasteiger partial charge in [-0.05, 0) is 61.0 Å². The van der Waals surface area contributed by atoms with E-state index in [0.29, 0.717) is 12.1 Å². The van der Waals surface area contributed by atoms with Gasteiger partial charge in [-0.2, -0.15) is 5.26 Å². The standard InChI is InChI=1S/C25H22N6.ClH/c1-17-28-21-5-3-4-6-24(21)31(17)16-19-9-12-23-22(13-19)29-25(30(23)2)15-27-20-10-7-18(14-26)8-11-20;/h3-13,27H,15-16H2,1-2H3;1H. The molecule has 0 saturated heterocycles. The number of nitrogens with one attached hydrogen (secondary N) is 1. The summed E-state index contributed by atoms with van der Waals surface area (Å²) >= 11 is 0. The molecule has 6 nitrogen and oxygen atoms in total. The number of imidazole rings is 2. The highest BCUT2D eigenvalue weighted by Gasteiger charge is 2.11. The lowest BCUT2D eigenvalue weighted by molar-refractivity contribution is 0.786. The molecule has 32 heavy (non-hydrogen) atoms. The summed E-state index contributed by atoms with van der Waals surface area (Å²) < 4.78 is 4.36. The van der Waals surface area contributed by atoms with E-state index in [0.717, 1.165) is 45.9 Å². The van der Waals surface area contributed by atoms with E-state index in [1.807, 2.05) is 50.4 Å². The average molecular weight is 443 g/mol. The molecule has 0 radical (unpaired) electrons. The first-order chi connectivity index (χ1) is 15.1. The Bertz CT molecular complexity index is 1440. The molecule has 0 amide bonds. The van der Waals surface area contributed by atoms with Crippen molar-refractivity contribution in [2.45, 2.75) is 20.0 Å². The van der Waals surface area contributed by atoms with Crippen LogP contribution in [0, 0.1) is 18.3 Å². The molecule has 0 saturated carbocycles. The van der Waals surface area contributed by atoms with Crippen LogP contribution in [0.15, 0.2) is 66.7 Å². The van der Waals surface area contributed by atoms with Crippen LogP contribution in [0.4, 0.5) is 5.69 Å². The van der Waals surface area contributed by atoms with Crippen LogP contribution in [0.25, 0.3) is 22.1 Å². The smallest absolute Gasteiger partial charge is 0.128 e. The van der Waals surface area contributed by atoms with E-state index in [9.17, 15) is 0 Å². The molecule has 7 heteroatoms. The number of para-hydroxylation sites is 2. The predicted molar refractivity (Wildman–Crippen MR) is 130 cm³/mol. The average Bonchev–Trinajstić information content (AvgIpc) is 3.28. The molecule has 0 aliphatic carbocycles. The van der Waals surface area contributed by atoms with Crippen molar-refractivity contribution in [3.8, 4) is 6.07 Å². The van der Waals surface area contributed by atoms with Gasteiger partial charge in [0.05, 0.1) is 40.2 Å². The lowest BCUT2D eigenvalue weighted by Gasteiger charge is -2.08. The van der Waals surface area contributed by atoms with Gasteiger partial charge in [0.2, 0.25) is 0 Å². The maximum Gasteiger partial charge on any atom is 0.128 e. The van der Waals surface area contributed by atoms with Crippen molar-refractivity contribution < 1.29 is 0 Å². The number of hydrogen-bond acceptors (Lipinski definition) is 4. The largest absolute Gasteiger partial charge is 0.378 e. The number of benzene rings is 3. The predicted octanol–water partition coefficient (Wildman–Crippen LogP) is 5.19. The third-order valence-corrected chi connectivity index (χ3v) is 5.69. The maximum atomic E-state index is 8.94. The SMILES string of the molecule is Cc1nc2ccccc2n1Cc1ccc2c(c1)nc(CNc1ccc(C#N)cc1)n2C.Cl. The number of nitrogens with zero attached hydrogens (tertiary/aromatic N) is 5.